The lowest BCUT2D eigenvalue weighted by Crippen LogP contribution is -2.50. The van der Waals surface area contributed by atoms with Crippen LogP contribution in [0.1, 0.15) is 41.4 Å². The van der Waals surface area contributed by atoms with Crippen LogP contribution >= 0.6 is 0 Å². The van der Waals surface area contributed by atoms with Crippen molar-refractivity contribution in [2.75, 3.05) is 0 Å². The molecule has 1 aliphatic rings. The van der Waals surface area contributed by atoms with Gasteiger partial charge in [0, 0.05) is 30.5 Å². The maximum atomic E-state index is 12.8. The number of nitrogens with one attached hydrogen (secondary N) is 1. The molecule has 0 radical (unpaired) electrons. The minimum atomic E-state index is -0.458. The second-order valence-electron chi connectivity index (χ2n) is 8.02. The fourth-order valence-corrected chi connectivity index (χ4v) is 4.05. The first kappa shape index (κ1) is 19.5. The van der Waals surface area contributed by atoms with E-state index in [-0.39, 0.29) is 11.9 Å². The van der Waals surface area contributed by atoms with E-state index in [4.69, 9.17) is 0 Å². The highest BCUT2D eigenvalue weighted by atomic mass is 16.3. The van der Waals surface area contributed by atoms with E-state index in [0.29, 0.717) is 12.1 Å². The summed E-state index contributed by atoms with van der Waals surface area (Å²) in [6.07, 6.45) is 7.46. The Labute approximate surface area is 180 Å². The lowest BCUT2D eigenvalue weighted by atomic mass is 9.89. The van der Waals surface area contributed by atoms with Gasteiger partial charge in [-0.05, 0) is 67.6 Å². The van der Waals surface area contributed by atoms with Crippen molar-refractivity contribution in [1.29, 1.82) is 0 Å². The molecule has 0 saturated heterocycles. The Morgan fingerprint density at radius 1 is 1.19 bits per heavy atom. The molecule has 5 rings (SSSR count). The normalized spacial score (nSPS) is 18.1. The summed E-state index contributed by atoms with van der Waals surface area (Å²) in [6, 6.07) is 13.9. The van der Waals surface area contributed by atoms with Gasteiger partial charge >= 0.3 is 0 Å². The molecule has 7 heteroatoms. The average molecular weight is 415 g/mol. The van der Waals surface area contributed by atoms with E-state index in [0.717, 1.165) is 47.2 Å². The minimum absolute atomic E-state index is 0.179. The van der Waals surface area contributed by atoms with Gasteiger partial charge in [0.05, 0.1) is 17.8 Å². The Morgan fingerprint density at radius 3 is 2.68 bits per heavy atom. The summed E-state index contributed by atoms with van der Waals surface area (Å²) in [4.78, 5) is 17.5. The Morgan fingerprint density at radius 2 is 2.03 bits per heavy atom. The van der Waals surface area contributed by atoms with Crippen LogP contribution in [0.2, 0.25) is 0 Å². The van der Waals surface area contributed by atoms with E-state index in [1.165, 1.54) is 0 Å². The zero-order valence-corrected chi connectivity index (χ0v) is 17.4. The van der Waals surface area contributed by atoms with Crippen LogP contribution in [0.5, 0.6) is 0 Å². The molecule has 2 N–H and O–H groups in total. The number of carbonyl (C=O) groups excluding carboxylic acids is 1. The lowest BCUT2D eigenvalue weighted by molar-refractivity contribution is 0.0445. The van der Waals surface area contributed by atoms with Gasteiger partial charge in [-0.1, -0.05) is 12.1 Å². The molecule has 3 heterocycles. The fourth-order valence-electron chi connectivity index (χ4n) is 4.05. The number of nitrogens with zero attached hydrogens (tertiary/aromatic N) is 4. The Hall–Kier alpha value is -3.45. The molecule has 1 fully saturated rings. The topological polar surface area (TPSA) is 85.0 Å². The van der Waals surface area contributed by atoms with E-state index in [1.807, 2.05) is 41.3 Å². The van der Waals surface area contributed by atoms with E-state index >= 15 is 0 Å². The summed E-state index contributed by atoms with van der Waals surface area (Å²) in [5.74, 6) is -0.232. The van der Waals surface area contributed by atoms with Gasteiger partial charge < -0.3 is 15.0 Å². The van der Waals surface area contributed by atoms with Crippen LogP contribution < -0.4 is 5.32 Å². The Bertz CT molecular complexity index is 1210. The standard InChI is InChI=1S/C24H25N5O2/c1-2-28-13-10-19-17(14-16-4-6-18(7-5-16)29-12-3-11-25-29)15-21(26-23(19)28)24(31)27-20-8-9-22(20)30/h3-7,10-13,15,20,22,30H,2,8-9,14H2,1H3,(H,27,31)/t20-,22-/m0/s1. The molecule has 31 heavy (non-hydrogen) atoms. The lowest BCUT2D eigenvalue weighted by Gasteiger charge is -2.32. The smallest absolute Gasteiger partial charge is 0.270 e. The number of fused-ring (bicyclic) bond motifs is 1. The van der Waals surface area contributed by atoms with Gasteiger partial charge in [0.1, 0.15) is 11.3 Å². The highest BCUT2D eigenvalue weighted by molar-refractivity contribution is 5.96. The number of hydrogen-bond acceptors (Lipinski definition) is 4. The summed E-state index contributed by atoms with van der Waals surface area (Å²) in [5.41, 5.74) is 4.41. The molecule has 1 aromatic carbocycles. The van der Waals surface area contributed by atoms with Crippen molar-refractivity contribution in [2.24, 2.45) is 0 Å². The number of carbonyl (C=O) groups is 1. The fraction of sp³-hybridized carbons (Fsp3) is 0.292. The highest BCUT2D eigenvalue weighted by Gasteiger charge is 2.30. The van der Waals surface area contributed by atoms with Crippen LogP contribution in [0.15, 0.2) is 61.1 Å². The monoisotopic (exact) mass is 415 g/mol. The van der Waals surface area contributed by atoms with Crippen molar-refractivity contribution in [3.8, 4) is 5.69 Å². The molecule has 1 amide bonds. The molecule has 0 bridgehead atoms. The summed E-state index contributed by atoms with van der Waals surface area (Å²) in [6.45, 7) is 2.84. The summed E-state index contributed by atoms with van der Waals surface area (Å²) >= 11 is 0. The minimum Gasteiger partial charge on any atom is -0.391 e. The van der Waals surface area contributed by atoms with Crippen molar-refractivity contribution in [3.63, 3.8) is 0 Å². The SMILES string of the molecule is CCn1ccc2c(Cc3ccc(-n4cccn4)cc3)cc(C(=O)N[C@H]3CC[C@@H]3O)nc21. The van der Waals surface area contributed by atoms with Crippen molar-refractivity contribution in [1.82, 2.24) is 24.6 Å². The quantitative estimate of drug-likeness (QED) is 0.507. The van der Waals surface area contributed by atoms with Crippen molar-refractivity contribution >= 4 is 16.9 Å². The number of aliphatic hydroxyl groups is 1. The van der Waals surface area contributed by atoms with Crippen molar-refractivity contribution < 1.29 is 9.90 Å². The number of rotatable bonds is 6. The van der Waals surface area contributed by atoms with E-state index in [1.54, 1.807) is 6.20 Å². The number of amides is 1. The molecule has 3 aromatic heterocycles. The zero-order valence-electron chi connectivity index (χ0n) is 17.4. The first-order valence-electron chi connectivity index (χ1n) is 10.7. The van der Waals surface area contributed by atoms with Gasteiger partial charge in [-0.25, -0.2) is 9.67 Å². The molecule has 2 atom stereocenters. The van der Waals surface area contributed by atoms with Crippen LogP contribution in [-0.2, 0) is 13.0 Å². The van der Waals surface area contributed by atoms with Crippen LogP contribution in [0.4, 0.5) is 0 Å². The Kier molecular flexibility index (Phi) is 5.03. The first-order valence-corrected chi connectivity index (χ1v) is 10.7. The predicted octanol–water partition coefficient (Wildman–Crippen LogP) is 3.09. The number of hydrogen-bond donors (Lipinski definition) is 2. The number of benzene rings is 1. The van der Waals surface area contributed by atoms with E-state index < -0.39 is 6.10 Å². The highest BCUT2D eigenvalue weighted by Crippen LogP contribution is 2.25. The number of aliphatic hydroxyl groups excluding tert-OH is 1. The van der Waals surface area contributed by atoms with Crippen molar-refractivity contribution in [3.05, 3.63) is 77.9 Å². The van der Waals surface area contributed by atoms with Gasteiger partial charge in [0.15, 0.2) is 0 Å². The molecule has 7 nitrogen and oxygen atoms in total. The van der Waals surface area contributed by atoms with Gasteiger partial charge in [-0.15, -0.1) is 0 Å². The van der Waals surface area contributed by atoms with E-state index in [2.05, 4.69) is 45.1 Å². The molecule has 1 saturated carbocycles. The molecular formula is C24H25N5O2. The van der Waals surface area contributed by atoms with Gasteiger partial charge in [0.2, 0.25) is 0 Å². The molecule has 0 aliphatic heterocycles. The number of pyridine rings is 1. The van der Waals surface area contributed by atoms with Gasteiger partial charge in [-0.3, -0.25) is 4.79 Å². The van der Waals surface area contributed by atoms with Crippen molar-refractivity contribution in [2.45, 2.75) is 44.9 Å². The van der Waals surface area contributed by atoms with E-state index in [9.17, 15) is 9.90 Å². The predicted molar refractivity (Wildman–Crippen MR) is 118 cm³/mol. The molecule has 1 aliphatic carbocycles. The third-order valence-corrected chi connectivity index (χ3v) is 6.04. The molecule has 4 aromatic rings. The van der Waals surface area contributed by atoms with Crippen LogP contribution in [0, 0.1) is 0 Å². The molecule has 0 unspecified atom stereocenters. The Balaban J connectivity index is 1.46. The first-order chi connectivity index (χ1) is 15.1. The average Bonchev–Trinajstić information content (AvgIpc) is 3.47. The molecular weight excluding hydrogens is 390 g/mol. The summed E-state index contributed by atoms with van der Waals surface area (Å²) in [5, 5.41) is 18.1. The molecule has 158 valence electrons. The third-order valence-electron chi connectivity index (χ3n) is 6.04. The second kappa shape index (κ2) is 8.00. The molecule has 0 spiro atoms. The maximum absolute atomic E-state index is 12.8. The van der Waals surface area contributed by atoms with Crippen LogP contribution in [-0.4, -0.2) is 42.5 Å². The number of aromatic nitrogens is 4. The summed E-state index contributed by atoms with van der Waals surface area (Å²) in [7, 11) is 0. The maximum Gasteiger partial charge on any atom is 0.270 e. The summed E-state index contributed by atoms with van der Waals surface area (Å²) < 4.78 is 3.88. The number of aryl methyl sites for hydroxylation is 1. The van der Waals surface area contributed by atoms with Crippen LogP contribution in [0.3, 0.4) is 0 Å². The van der Waals surface area contributed by atoms with Gasteiger partial charge in [0.25, 0.3) is 5.91 Å². The van der Waals surface area contributed by atoms with Crippen LogP contribution in [0.25, 0.3) is 16.7 Å². The third kappa shape index (κ3) is 3.72. The van der Waals surface area contributed by atoms with Gasteiger partial charge in [-0.2, -0.15) is 5.10 Å². The largest absolute Gasteiger partial charge is 0.391 e. The zero-order chi connectivity index (χ0) is 21.4. The second-order valence-corrected chi connectivity index (χ2v) is 8.02.